The molecule has 0 aliphatic heterocycles. The monoisotopic (exact) mass is 696 g/mol. The highest BCUT2D eigenvalue weighted by Gasteiger charge is 2.33. The number of hydrogen-bond donors (Lipinski definition) is 0. The van der Waals surface area contributed by atoms with Gasteiger partial charge in [-0.15, -0.1) is 0 Å². The van der Waals surface area contributed by atoms with Gasteiger partial charge in [-0.1, -0.05) is 153 Å². The van der Waals surface area contributed by atoms with Gasteiger partial charge in [0, 0.05) is 0 Å². The van der Waals surface area contributed by atoms with Gasteiger partial charge >= 0.3 is 0 Å². The SMILES string of the molecule is CCCCCCOc1ccc2c(c1)/C(=C1/c3cc(CCCCCC)ccc3-c3ccc(OCCCCCC)cc31)c1cc(CCCCCC)ccc1-2. The Morgan fingerprint density at radius 3 is 1.06 bits per heavy atom. The molecule has 2 heteroatoms. The molecule has 0 bridgehead atoms. The quantitative estimate of drug-likeness (QED) is 0.0658. The van der Waals surface area contributed by atoms with Crippen molar-refractivity contribution in [1.29, 1.82) is 0 Å². The average Bonchev–Trinajstić information content (AvgIpc) is 3.65. The lowest BCUT2D eigenvalue weighted by Gasteiger charge is -2.15. The Kier molecular flexibility index (Phi) is 14.1. The van der Waals surface area contributed by atoms with Crippen molar-refractivity contribution in [2.45, 2.75) is 143 Å². The fourth-order valence-corrected chi connectivity index (χ4v) is 8.27. The molecule has 0 radical (unpaired) electrons. The summed E-state index contributed by atoms with van der Waals surface area (Å²) < 4.78 is 12.9. The molecule has 2 aliphatic carbocycles. The topological polar surface area (TPSA) is 18.5 Å². The van der Waals surface area contributed by atoms with E-state index in [1.807, 2.05) is 0 Å². The van der Waals surface area contributed by atoms with E-state index in [1.54, 1.807) is 0 Å². The second kappa shape index (κ2) is 19.3. The van der Waals surface area contributed by atoms with Gasteiger partial charge in [0.25, 0.3) is 0 Å². The Morgan fingerprint density at radius 1 is 0.327 bits per heavy atom. The Morgan fingerprint density at radius 2 is 0.673 bits per heavy atom. The summed E-state index contributed by atoms with van der Waals surface area (Å²) >= 11 is 0. The molecule has 0 atom stereocenters. The van der Waals surface area contributed by atoms with Gasteiger partial charge in [-0.3, -0.25) is 0 Å². The van der Waals surface area contributed by atoms with E-state index >= 15 is 0 Å². The van der Waals surface area contributed by atoms with Crippen LogP contribution in [0.3, 0.4) is 0 Å². The van der Waals surface area contributed by atoms with Crippen LogP contribution in [0.25, 0.3) is 33.4 Å². The van der Waals surface area contributed by atoms with Gasteiger partial charge in [-0.05, 0) is 130 Å². The second-order valence-electron chi connectivity index (χ2n) is 15.4. The Bertz CT molecular complexity index is 1660. The molecule has 276 valence electrons. The minimum Gasteiger partial charge on any atom is -0.494 e. The van der Waals surface area contributed by atoms with Crippen LogP contribution in [0.5, 0.6) is 11.5 Å². The molecule has 0 saturated carbocycles. The first-order chi connectivity index (χ1) is 25.7. The molecule has 6 rings (SSSR count). The normalized spacial score (nSPS) is 13.9. The molecule has 4 aromatic rings. The highest BCUT2D eigenvalue weighted by Crippen LogP contribution is 2.55. The first-order valence-corrected chi connectivity index (χ1v) is 21.2. The van der Waals surface area contributed by atoms with Gasteiger partial charge in [0.15, 0.2) is 0 Å². The van der Waals surface area contributed by atoms with Gasteiger partial charge in [-0.25, -0.2) is 0 Å². The number of unbranched alkanes of at least 4 members (excludes halogenated alkanes) is 12. The van der Waals surface area contributed by atoms with E-state index in [4.69, 9.17) is 9.47 Å². The minimum atomic E-state index is 0.769. The number of ether oxygens (including phenoxy) is 2. The summed E-state index contributed by atoms with van der Waals surface area (Å²) in [7, 11) is 0. The molecule has 0 N–H and O–H groups in total. The van der Waals surface area contributed by atoms with Gasteiger partial charge in [0.1, 0.15) is 11.5 Å². The number of hydrogen-bond acceptors (Lipinski definition) is 2. The largest absolute Gasteiger partial charge is 0.494 e. The zero-order chi connectivity index (χ0) is 36.1. The van der Waals surface area contributed by atoms with E-state index in [9.17, 15) is 0 Å². The van der Waals surface area contributed by atoms with Crippen LogP contribution < -0.4 is 9.47 Å². The summed E-state index contributed by atoms with van der Waals surface area (Å²) in [6.45, 7) is 10.7. The summed E-state index contributed by atoms with van der Waals surface area (Å²) in [6, 6.07) is 28.3. The lowest BCUT2D eigenvalue weighted by Crippen LogP contribution is -1.99. The Balaban J connectivity index is 1.47. The van der Waals surface area contributed by atoms with E-state index in [0.717, 1.165) is 50.4 Å². The molecule has 0 amide bonds. The molecule has 0 heterocycles. The standard InChI is InChI=1S/C50H64O2/c1-5-9-13-17-21-37-23-27-41-43-29-25-39(51-31-19-15-11-7-3)35-47(43)49(45(41)33-37)50-46-34-38(22-18-14-10-6-2)24-28-42(46)44-30-26-40(36-48(44)50)52-32-20-16-12-8-4/h23-30,33-36H,5-22,31-32H2,1-4H3/b50-49-. The third kappa shape index (κ3) is 9.05. The third-order valence-corrected chi connectivity index (χ3v) is 11.2. The summed E-state index contributed by atoms with van der Waals surface area (Å²) in [5.41, 5.74) is 16.3. The highest BCUT2D eigenvalue weighted by atomic mass is 16.5. The lowest BCUT2D eigenvalue weighted by atomic mass is 9.89. The average molecular weight is 697 g/mol. The maximum absolute atomic E-state index is 6.46. The van der Waals surface area contributed by atoms with Gasteiger partial charge in [0.05, 0.1) is 13.2 Å². The minimum absolute atomic E-state index is 0.769. The first-order valence-electron chi connectivity index (χ1n) is 21.2. The van der Waals surface area contributed by atoms with E-state index in [0.29, 0.717) is 0 Å². The molecule has 4 aromatic carbocycles. The summed E-state index contributed by atoms with van der Waals surface area (Å²) in [5.74, 6) is 1.96. The Labute approximate surface area is 316 Å². The highest BCUT2D eigenvalue weighted by molar-refractivity contribution is 6.19. The molecule has 0 aromatic heterocycles. The van der Waals surface area contributed by atoms with E-state index in [1.165, 1.54) is 157 Å². The number of aryl methyl sites for hydroxylation is 2. The van der Waals surface area contributed by atoms with E-state index < -0.39 is 0 Å². The van der Waals surface area contributed by atoms with Crippen molar-refractivity contribution in [2.75, 3.05) is 13.2 Å². The van der Waals surface area contributed by atoms with Crippen LogP contribution in [0.2, 0.25) is 0 Å². The van der Waals surface area contributed by atoms with Crippen LogP contribution in [0.1, 0.15) is 164 Å². The third-order valence-electron chi connectivity index (χ3n) is 11.2. The molecule has 2 nitrogen and oxygen atoms in total. The van der Waals surface area contributed by atoms with Crippen LogP contribution in [0.4, 0.5) is 0 Å². The van der Waals surface area contributed by atoms with Crippen molar-refractivity contribution < 1.29 is 9.47 Å². The molecule has 0 saturated heterocycles. The molecule has 52 heavy (non-hydrogen) atoms. The van der Waals surface area contributed by atoms with Crippen LogP contribution in [-0.2, 0) is 12.8 Å². The summed E-state index contributed by atoms with van der Waals surface area (Å²) in [6.07, 6.45) is 22.1. The van der Waals surface area contributed by atoms with Crippen molar-refractivity contribution >= 4 is 11.1 Å². The molecule has 2 aliphatic rings. The van der Waals surface area contributed by atoms with Gasteiger partial charge < -0.3 is 9.47 Å². The number of rotatable bonds is 22. The van der Waals surface area contributed by atoms with Crippen molar-refractivity contribution in [2.24, 2.45) is 0 Å². The fourth-order valence-electron chi connectivity index (χ4n) is 8.27. The van der Waals surface area contributed by atoms with Crippen LogP contribution >= 0.6 is 0 Å². The van der Waals surface area contributed by atoms with Crippen LogP contribution in [0.15, 0.2) is 72.8 Å². The number of fused-ring (bicyclic) bond motifs is 6. The van der Waals surface area contributed by atoms with Crippen LogP contribution in [0, 0.1) is 0 Å². The molecule has 0 fully saturated rings. The summed E-state index contributed by atoms with van der Waals surface area (Å²) in [4.78, 5) is 0. The molecular formula is C50H64O2. The summed E-state index contributed by atoms with van der Waals surface area (Å²) in [5, 5.41) is 0. The van der Waals surface area contributed by atoms with Crippen molar-refractivity contribution in [3.8, 4) is 33.8 Å². The number of benzene rings is 4. The Hall–Kier alpha value is -3.78. The maximum atomic E-state index is 6.46. The zero-order valence-corrected chi connectivity index (χ0v) is 32.9. The zero-order valence-electron chi connectivity index (χ0n) is 32.9. The maximum Gasteiger partial charge on any atom is 0.119 e. The van der Waals surface area contributed by atoms with E-state index in [-0.39, 0.29) is 0 Å². The second-order valence-corrected chi connectivity index (χ2v) is 15.4. The first kappa shape index (κ1) is 38.0. The van der Waals surface area contributed by atoms with E-state index in [2.05, 4.69) is 100 Å². The molecule has 0 unspecified atom stereocenters. The lowest BCUT2D eigenvalue weighted by molar-refractivity contribution is 0.305. The van der Waals surface area contributed by atoms with Crippen molar-refractivity contribution in [3.63, 3.8) is 0 Å². The van der Waals surface area contributed by atoms with Crippen LogP contribution in [-0.4, -0.2) is 13.2 Å². The van der Waals surface area contributed by atoms with Gasteiger partial charge in [-0.2, -0.15) is 0 Å². The predicted octanol–water partition coefficient (Wildman–Crippen LogP) is 14.8. The van der Waals surface area contributed by atoms with Crippen molar-refractivity contribution in [3.05, 3.63) is 106 Å². The van der Waals surface area contributed by atoms with Crippen molar-refractivity contribution in [1.82, 2.24) is 0 Å². The van der Waals surface area contributed by atoms with Gasteiger partial charge in [0.2, 0.25) is 0 Å². The fraction of sp³-hybridized carbons (Fsp3) is 0.480. The molecule has 0 spiro atoms. The molecular weight excluding hydrogens is 633 g/mol. The smallest absolute Gasteiger partial charge is 0.119 e. The predicted molar refractivity (Wildman–Crippen MR) is 224 cm³/mol.